The second-order valence-electron chi connectivity index (χ2n) is 3.46. The van der Waals surface area contributed by atoms with Crippen molar-refractivity contribution >= 4 is 16.8 Å². The summed E-state index contributed by atoms with van der Waals surface area (Å²) in [6.45, 7) is 0.144. The van der Waals surface area contributed by atoms with Crippen molar-refractivity contribution in [1.82, 2.24) is 10.2 Å². The lowest BCUT2D eigenvalue weighted by Crippen LogP contribution is -2.06. The highest BCUT2D eigenvalue weighted by atomic mass is 16.2. The maximum Gasteiger partial charge on any atom is 0.272 e. The van der Waals surface area contributed by atoms with Gasteiger partial charge in [0.15, 0.2) is 0 Å². The second kappa shape index (κ2) is 4.72. The molecule has 1 aromatic carbocycles. The summed E-state index contributed by atoms with van der Waals surface area (Å²) in [5.41, 5.74) is 0.816. The number of hydrogen-bond acceptors (Lipinski definition) is 3. The third-order valence-corrected chi connectivity index (χ3v) is 2.30. The van der Waals surface area contributed by atoms with Gasteiger partial charge in [-0.1, -0.05) is 18.2 Å². The van der Waals surface area contributed by atoms with Gasteiger partial charge in [-0.2, -0.15) is 5.10 Å². The Bertz CT molecular complexity index is 572. The first kappa shape index (κ1) is 10.6. The fraction of sp³-hybridized carbons (Fsp3) is 0.167. The predicted octanol–water partition coefficient (Wildman–Crippen LogP) is 1.32. The van der Waals surface area contributed by atoms with E-state index in [9.17, 15) is 4.79 Å². The number of fused-ring (bicyclic) bond motifs is 1. The summed E-state index contributed by atoms with van der Waals surface area (Å²) in [7, 11) is 0. The van der Waals surface area contributed by atoms with E-state index in [2.05, 4.69) is 10.2 Å². The molecule has 0 amide bonds. The lowest BCUT2D eigenvalue weighted by molar-refractivity contribution is 0.303. The molecule has 2 rings (SSSR count). The predicted molar refractivity (Wildman–Crippen MR) is 63.1 cm³/mol. The number of nitrogens with one attached hydrogen (secondary N) is 1. The molecule has 0 aliphatic heterocycles. The van der Waals surface area contributed by atoms with Gasteiger partial charge in [-0.15, -0.1) is 0 Å². The van der Waals surface area contributed by atoms with Crippen LogP contribution in [0.25, 0.3) is 16.8 Å². The Balaban J connectivity index is 2.41. The van der Waals surface area contributed by atoms with Crippen molar-refractivity contribution in [1.29, 1.82) is 0 Å². The number of aliphatic hydroxyl groups is 1. The van der Waals surface area contributed by atoms with E-state index in [0.717, 1.165) is 10.9 Å². The molecule has 2 aromatic rings. The summed E-state index contributed by atoms with van der Waals surface area (Å²) in [4.78, 5) is 11.4. The highest BCUT2D eigenvalue weighted by Crippen LogP contribution is 2.12. The molecule has 0 saturated carbocycles. The maximum absolute atomic E-state index is 11.4. The van der Waals surface area contributed by atoms with Gasteiger partial charge in [0.25, 0.3) is 5.56 Å². The fourth-order valence-corrected chi connectivity index (χ4v) is 1.51. The van der Waals surface area contributed by atoms with Gasteiger partial charge in [-0.3, -0.25) is 4.79 Å². The standard InChI is InChI=1S/C12H12N2O2/c15-6-2-1-3-9-4-5-11-10(7-9)8-13-14-12(11)16/h1,3-5,7-8,15H,2,6H2,(H,14,16). The van der Waals surface area contributed by atoms with E-state index in [4.69, 9.17) is 5.11 Å². The van der Waals surface area contributed by atoms with Crippen LogP contribution in [-0.4, -0.2) is 21.9 Å². The highest BCUT2D eigenvalue weighted by molar-refractivity contribution is 5.82. The molecule has 4 heteroatoms. The van der Waals surface area contributed by atoms with Gasteiger partial charge in [0.2, 0.25) is 0 Å². The molecule has 0 aliphatic rings. The van der Waals surface area contributed by atoms with Crippen LogP contribution in [0.2, 0.25) is 0 Å². The van der Waals surface area contributed by atoms with E-state index in [0.29, 0.717) is 11.8 Å². The molecular weight excluding hydrogens is 204 g/mol. The van der Waals surface area contributed by atoms with Gasteiger partial charge in [-0.05, 0) is 24.1 Å². The Morgan fingerprint density at radius 1 is 1.44 bits per heavy atom. The van der Waals surface area contributed by atoms with Crippen LogP contribution in [0.15, 0.2) is 35.3 Å². The number of aliphatic hydroxyl groups excluding tert-OH is 1. The first-order valence-corrected chi connectivity index (χ1v) is 5.06. The van der Waals surface area contributed by atoms with Crippen LogP contribution in [0.4, 0.5) is 0 Å². The molecule has 4 nitrogen and oxygen atoms in total. The van der Waals surface area contributed by atoms with Gasteiger partial charge >= 0.3 is 0 Å². The van der Waals surface area contributed by atoms with Crippen LogP contribution in [0.1, 0.15) is 12.0 Å². The van der Waals surface area contributed by atoms with Crippen molar-refractivity contribution in [3.63, 3.8) is 0 Å². The van der Waals surface area contributed by atoms with Crippen molar-refractivity contribution in [2.75, 3.05) is 6.61 Å². The quantitative estimate of drug-likeness (QED) is 0.813. The second-order valence-corrected chi connectivity index (χ2v) is 3.46. The molecule has 0 fully saturated rings. The minimum atomic E-state index is -0.177. The monoisotopic (exact) mass is 216 g/mol. The summed E-state index contributed by atoms with van der Waals surface area (Å²) in [6, 6.07) is 5.53. The van der Waals surface area contributed by atoms with Crippen molar-refractivity contribution in [3.05, 3.63) is 46.4 Å². The molecule has 16 heavy (non-hydrogen) atoms. The Labute approximate surface area is 92.2 Å². The largest absolute Gasteiger partial charge is 0.396 e. The third-order valence-electron chi connectivity index (χ3n) is 2.30. The van der Waals surface area contributed by atoms with Crippen molar-refractivity contribution in [2.45, 2.75) is 6.42 Å². The molecule has 1 heterocycles. The molecule has 0 aliphatic carbocycles. The van der Waals surface area contributed by atoms with Crippen LogP contribution in [0.5, 0.6) is 0 Å². The Morgan fingerprint density at radius 2 is 2.31 bits per heavy atom. The smallest absolute Gasteiger partial charge is 0.272 e. The first-order valence-electron chi connectivity index (χ1n) is 5.06. The van der Waals surface area contributed by atoms with Gasteiger partial charge in [0.1, 0.15) is 0 Å². The van der Waals surface area contributed by atoms with Gasteiger partial charge < -0.3 is 5.11 Å². The molecule has 0 spiro atoms. The molecular formula is C12H12N2O2. The summed E-state index contributed by atoms with van der Waals surface area (Å²) < 4.78 is 0. The van der Waals surface area contributed by atoms with Crippen LogP contribution >= 0.6 is 0 Å². The van der Waals surface area contributed by atoms with Crippen LogP contribution < -0.4 is 5.56 Å². The van der Waals surface area contributed by atoms with Crippen molar-refractivity contribution in [2.24, 2.45) is 0 Å². The van der Waals surface area contributed by atoms with Crippen LogP contribution in [0, 0.1) is 0 Å². The number of H-pyrrole nitrogens is 1. The van der Waals surface area contributed by atoms with Gasteiger partial charge in [0, 0.05) is 12.0 Å². The average molecular weight is 216 g/mol. The number of nitrogens with zero attached hydrogens (tertiary/aromatic N) is 1. The van der Waals surface area contributed by atoms with E-state index in [1.54, 1.807) is 12.3 Å². The fourth-order valence-electron chi connectivity index (χ4n) is 1.51. The number of aromatic nitrogens is 2. The SMILES string of the molecule is O=c1[nH]ncc2cc(C=CCCO)ccc12. The minimum Gasteiger partial charge on any atom is -0.396 e. The van der Waals surface area contributed by atoms with Crippen LogP contribution in [0.3, 0.4) is 0 Å². The lowest BCUT2D eigenvalue weighted by Gasteiger charge is -1.97. The number of aromatic amines is 1. The normalized spacial score (nSPS) is 11.3. The number of benzene rings is 1. The first-order chi connectivity index (χ1) is 7.81. The van der Waals surface area contributed by atoms with Crippen molar-refractivity contribution < 1.29 is 5.11 Å². The summed E-state index contributed by atoms with van der Waals surface area (Å²) in [6.07, 6.45) is 6.06. The molecule has 0 bridgehead atoms. The Kier molecular flexibility index (Phi) is 3.12. The van der Waals surface area contributed by atoms with E-state index in [1.165, 1.54) is 0 Å². The molecule has 0 radical (unpaired) electrons. The van der Waals surface area contributed by atoms with E-state index < -0.39 is 0 Å². The summed E-state index contributed by atoms with van der Waals surface area (Å²) in [5.74, 6) is 0. The molecule has 0 atom stereocenters. The van der Waals surface area contributed by atoms with Gasteiger partial charge in [0.05, 0.1) is 11.6 Å². The van der Waals surface area contributed by atoms with E-state index in [1.807, 2.05) is 24.3 Å². The molecule has 0 unspecified atom stereocenters. The average Bonchev–Trinajstić information content (AvgIpc) is 2.30. The minimum absolute atomic E-state index is 0.144. The molecule has 0 saturated heterocycles. The molecule has 2 N–H and O–H groups in total. The van der Waals surface area contributed by atoms with Crippen LogP contribution in [-0.2, 0) is 0 Å². The van der Waals surface area contributed by atoms with E-state index in [-0.39, 0.29) is 12.2 Å². The number of rotatable bonds is 3. The molecule has 82 valence electrons. The summed E-state index contributed by atoms with van der Waals surface area (Å²) >= 11 is 0. The maximum atomic E-state index is 11.4. The molecule has 1 aromatic heterocycles. The highest BCUT2D eigenvalue weighted by Gasteiger charge is 1.98. The third kappa shape index (κ3) is 2.17. The zero-order chi connectivity index (χ0) is 11.4. The number of hydrogen-bond donors (Lipinski definition) is 2. The zero-order valence-electron chi connectivity index (χ0n) is 8.68. The topological polar surface area (TPSA) is 66.0 Å². The Morgan fingerprint density at radius 3 is 3.12 bits per heavy atom. The van der Waals surface area contributed by atoms with Gasteiger partial charge in [-0.25, -0.2) is 5.10 Å². The lowest BCUT2D eigenvalue weighted by atomic mass is 10.1. The van der Waals surface area contributed by atoms with E-state index >= 15 is 0 Å². The summed E-state index contributed by atoms with van der Waals surface area (Å²) in [5, 5.41) is 16.2. The van der Waals surface area contributed by atoms with Crippen molar-refractivity contribution in [3.8, 4) is 0 Å². The Hall–Kier alpha value is -1.94. The zero-order valence-corrected chi connectivity index (χ0v) is 8.68.